The molecule has 0 atom stereocenters. The number of hydrogen-bond acceptors (Lipinski definition) is 5. The number of benzene rings is 1. The number of aromatic nitrogens is 1. The average molecular weight is 331 g/mol. The van der Waals surface area contributed by atoms with Crippen LogP contribution in [0.4, 0.5) is 10.5 Å². The number of thiazole rings is 1. The normalized spacial score (nSPS) is 15.3. The highest BCUT2D eigenvalue weighted by Gasteiger charge is 2.16. The summed E-state index contributed by atoms with van der Waals surface area (Å²) in [6, 6.07) is 7.67. The molecule has 2 N–H and O–H groups in total. The lowest BCUT2D eigenvalue weighted by Crippen LogP contribution is -2.31. The summed E-state index contributed by atoms with van der Waals surface area (Å²) >= 11 is 1.61. The van der Waals surface area contributed by atoms with Gasteiger partial charge in [-0.1, -0.05) is 12.1 Å². The molecule has 1 saturated heterocycles. The highest BCUT2D eigenvalue weighted by molar-refractivity contribution is 7.15. The molecule has 2 heterocycles. The van der Waals surface area contributed by atoms with E-state index in [0.717, 1.165) is 47.1 Å². The van der Waals surface area contributed by atoms with Gasteiger partial charge in [-0.05, 0) is 50.9 Å². The van der Waals surface area contributed by atoms with Gasteiger partial charge in [-0.2, -0.15) is 0 Å². The molecular formula is C17H21N3O2S. The fourth-order valence-corrected chi connectivity index (χ4v) is 3.45. The van der Waals surface area contributed by atoms with E-state index in [9.17, 15) is 4.79 Å². The molecule has 0 aliphatic carbocycles. The quantitative estimate of drug-likeness (QED) is 0.897. The predicted octanol–water partition coefficient (Wildman–Crippen LogP) is 3.67. The van der Waals surface area contributed by atoms with Crippen molar-refractivity contribution < 1.29 is 9.53 Å². The Hall–Kier alpha value is -1.92. The molecule has 0 unspecified atom stereocenters. The number of rotatable bonds is 4. The van der Waals surface area contributed by atoms with Crippen molar-refractivity contribution in [3.8, 4) is 10.6 Å². The second-order valence-corrected chi connectivity index (χ2v) is 6.97. The summed E-state index contributed by atoms with van der Waals surface area (Å²) in [5, 5.41) is 7.06. The molecule has 1 aliphatic heterocycles. The van der Waals surface area contributed by atoms with E-state index in [1.165, 1.54) is 0 Å². The molecule has 1 amide bonds. The molecule has 122 valence electrons. The molecule has 2 aromatic rings. The maximum absolute atomic E-state index is 12.1. The van der Waals surface area contributed by atoms with E-state index in [1.807, 2.05) is 37.4 Å². The fourth-order valence-electron chi connectivity index (χ4n) is 2.65. The number of carbonyl (C=O) groups is 1. The fraction of sp³-hybridized carbons (Fsp3) is 0.412. The summed E-state index contributed by atoms with van der Waals surface area (Å²) in [7, 11) is 0. The first-order valence-corrected chi connectivity index (χ1v) is 8.70. The van der Waals surface area contributed by atoms with E-state index in [2.05, 4.69) is 15.6 Å². The monoisotopic (exact) mass is 331 g/mol. The summed E-state index contributed by atoms with van der Waals surface area (Å²) in [6.45, 7) is 4.50. The van der Waals surface area contributed by atoms with Crippen LogP contribution in [0, 0.1) is 12.8 Å². The van der Waals surface area contributed by atoms with Crippen molar-refractivity contribution in [2.24, 2.45) is 5.92 Å². The van der Waals surface area contributed by atoms with Gasteiger partial charge in [0.2, 0.25) is 0 Å². The highest BCUT2D eigenvalue weighted by Crippen LogP contribution is 2.31. The van der Waals surface area contributed by atoms with Crippen LogP contribution in [0.5, 0.6) is 0 Å². The lowest BCUT2D eigenvalue weighted by Gasteiger charge is -2.22. The Morgan fingerprint density at radius 2 is 2.17 bits per heavy atom. The smallest absolute Gasteiger partial charge is 0.411 e. The van der Waals surface area contributed by atoms with Crippen LogP contribution in [0.2, 0.25) is 0 Å². The molecule has 1 aromatic carbocycles. The van der Waals surface area contributed by atoms with E-state index in [1.54, 1.807) is 11.3 Å². The molecule has 1 aliphatic rings. The summed E-state index contributed by atoms with van der Waals surface area (Å²) in [5.41, 5.74) is 1.65. The van der Waals surface area contributed by atoms with E-state index < -0.39 is 6.09 Å². The van der Waals surface area contributed by atoms with Crippen molar-refractivity contribution in [1.82, 2.24) is 10.3 Å². The molecule has 0 saturated carbocycles. The number of nitrogens with one attached hydrogen (secondary N) is 2. The van der Waals surface area contributed by atoms with Crippen LogP contribution >= 0.6 is 11.3 Å². The zero-order valence-electron chi connectivity index (χ0n) is 13.2. The Labute approximate surface area is 140 Å². The molecular weight excluding hydrogens is 310 g/mol. The minimum atomic E-state index is -0.399. The van der Waals surface area contributed by atoms with Gasteiger partial charge in [0.25, 0.3) is 0 Å². The van der Waals surface area contributed by atoms with Gasteiger partial charge in [0, 0.05) is 16.6 Å². The van der Waals surface area contributed by atoms with E-state index in [-0.39, 0.29) is 0 Å². The molecule has 0 bridgehead atoms. The zero-order chi connectivity index (χ0) is 16.1. The number of para-hydroxylation sites is 1. The summed E-state index contributed by atoms with van der Waals surface area (Å²) in [5.74, 6) is 0.457. The SMILES string of the molecule is Cc1cnc(-c2ccccc2NC(=O)OCC2CCNCC2)s1. The van der Waals surface area contributed by atoms with Crippen molar-refractivity contribution in [3.63, 3.8) is 0 Å². The third kappa shape index (κ3) is 4.30. The van der Waals surface area contributed by atoms with Crippen molar-refractivity contribution in [1.29, 1.82) is 0 Å². The van der Waals surface area contributed by atoms with Crippen LogP contribution in [0.3, 0.4) is 0 Å². The Bertz CT molecular complexity index is 665. The molecule has 1 fully saturated rings. The van der Waals surface area contributed by atoms with Crippen molar-refractivity contribution in [2.75, 3.05) is 25.0 Å². The number of amides is 1. The maximum Gasteiger partial charge on any atom is 0.411 e. The molecule has 0 radical (unpaired) electrons. The molecule has 6 heteroatoms. The Balaban J connectivity index is 1.62. The van der Waals surface area contributed by atoms with Gasteiger partial charge in [0.05, 0.1) is 12.3 Å². The number of ether oxygens (including phenoxy) is 1. The van der Waals surface area contributed by atoms with Crippen LogP contribution in [-0.2, 0) is 4.74 Å². The topological polar surface area (TPSA) is 63.2 Å². The lowest BCUT2D eigenvalue weighted by atomic mass is 9.99. The molecule has 1 aromatic heterocycles. The van der Waals surface area contributed by atoms with Gasteiger partial charge in [-0.25, -0.2) is 9.78 Å². The first-order chi connectivity index (χ1) is 11.2. The molecule has 5 nitrogen and oxygen atoms in total. The van der Waals surface area contributed by atoms with E-state index in [4.69, 9.17) is 4.74 Å². The number of carbonyl (C=O) groups excluding carboxylic acids is 1. The maximum atomic E-state index is 12.1. The Morgan fingerprint density at radius 3 is 2.91 bits per heavy atom. The average Bonchev–Trinajstić information content (AvgIpc) is 3.01. The molecule has 0 spiro atoms. The van der Waals surface area contributed by atoms with Crippen LogP contribution in [0.1, 0.15) is 17.7 Å². The molecule has 23 heavy (non-hydrogen) atoms. The largest absolute Gasteiger partial charge is 0.449 e. The van der Waals surface area contributed by atoms with Crippen molar-refractivity contribution in [3.05, 3.63) is 35.3 Å². The second kappa shape index (κ2) is 7.57. The Morgan fingerprint density at radius 1 is 1.39 bits per heavy atom. The van der Waals surface area contributed by atoms with Crippen LogP contribution in [-0.4, -0.2) is 30.8 Å². The number of anilines is 1. The summed E-state index contributed by atoms with van der Waals surface area (Å²) in [6.07, 6.45) is 3.56. The van der Waals surface area contributed by atoms with Gasteiger partial charge in [-0.15, -0.1) is 11.3 Å². The predicted molar refractivity (Wildman–Crippen MR) is 92.9 cm³/mol. The van der Waals surface area contributed by atoms with Gasteiger partial charge < -0.3 is 10.1 Å². The summed E-state index contributed by atoms with van der Waals surface area (Å²) in [4.78, 5) is 17.6. The van der Waals surface area contributed by atoms with Crippen LogP contribution in [0.15, 0.2) is 30.5 Å². The van der Waals surface area contributed by atoms with Crippen molar-refractivity contribution in [2.45, 2.75) is 19.8 Å². The highest BCUT2D eigenvalue weighted by atomic mass is 32.1. The molecule has 3 rings (SSSR count). The first kappa shape index (κ1) is 16.0. The zero-order valence-corrected chi connectivity index (χ0v) is 14.0. The van der Waals surface area contributed by atoms with Crippen molar-refractivity contribution >= 4 is 23.1 Å². The standard InChI is InChI=1S/C17H21N3O2S/c1-12-10-19-16(23-12)14-4-2-3-5-15(14)20-17(21)22-11-13-6-8-18-9-7-13/h2-5,10,13,18H,6-9,11H2,1H3,(H,20,21). The van der Waals surface area contributed by atoms with E-state index in [0.29, 0.717) is 12.5 Å². The van der Waals surface area contributed by atoms with Gasteiger partial charge in [-0.3, -0.25) is 5.32 Å². The van der Waals surface area contributed by atoms with Crippen LogP contribution in [0.25, 0.3) is 10.6 Å². The lowest BCUT2D eigenvalue weighted by molar-refractivity contribution is 0.131. The van der Waals surface area contributed by atoms with E-state index >= 15 is 0 Å². The van der Waals surface area contributed by atoms with Gasteiger partial charge in [0.15, 0.2) is 0 Å². The summed E-state index contributed by atoms with van der Waals surface area (Å²) < 4.78 is 5.39. The van der Waals surface area contributed by atoms with Gasteiger partial charge >= 0.3 is 6.09 Å². The Kier molecular flexibility index (Phi) is 5.25. The number of nitrogens with zero attached hydrogens (tertiary/aromatic N) is 1. The second-order valence-electron chi connectivity index (χ2n) is 5.74. The first-order valence-electron chi connectivity index (χ1n) is 7.88. The van der Waals surface area contributed by atoms with Crippen LogP contribution < -0.4 is 10.6 Å². The number of aryl methyl sites for hydroxylation is 1. The minimum absolute atomic E-state index is 0.399. The third-order valence-corrected chi connectivity index (χ3v) is 4.87. The number of hydrogen-bond donors (Lipinski definition) is 2. The third-order valence-electron chi connectivity index (χ3n) is 3.92. The minimum Gasteiger partial charge on any atom is -0.449 e. The van der Waals surface area contributed by atoms with Gasteiger partial charge in [0.1, 0.15) is 5.01 Å². The number of piperidine rings is 1.